The Labute approximate surface area is 151 Å². The minimum atomic E-state index is 0.0121. The van der Waals surface area contributed by atoms with Crippen molar-refractivity contribution in [3.05, 3.63) is 48.6 Å². The molecule has 2 N–H and O–H groups in total. The van der Waals surface area contributed by atoms with Crippen molar-refractivity contribution in [3.63, 3.8) is 0 Å². The molecule has 24 heavy (non-hydrogen) atoms. The molecule has 1 aromatic heterocycles. The van der Waals surface area contributed by atoms with Crippen molar-refractivity contribution in [3.8, 4) is 0 Å². The van der Waals surface area contributed by atoms with Crippen molar-refractivity contribution in [1.82, 2.24) is 15.5 Å². The van der Waals surface area contributed by atoms with E-state index in [0.29, 0.717) is 12.3 Å². The van der Waals surface area contributed by atoms with Gasteiger partial charge in [0.2, 0.25) is 11.0 Å². The van der Waals surface area contributed by atoms with Crippen molar-refractivity contribution in [1.29, 1.82) is 0 Å². The summed E-state index contributed by atoms with van der Waals surface area (Å²) >= 11 is 2.85. The predicted molar refractivity (Wildman–Crippen MR) is 102 cm³/mol. The number of thioether (sulfide) groups is 1. The number of carbonyl (C=O) groups excluding carboxylic acids is 1. The lowest BCUT2D eigenvalue weighted by Gasteiger charge is -2.18. The molecule has 5 nitrogen and oxygen atoms in total. The molecule has 2 rings (SSSR count). The summed E-state index contributed by atoms with van der Waals surface area (Å²) < 4.78 is 0.781. The average molecular weight is 363 g/mol. The summed E-state index contributed by atoms with van der Waals surface area (Å²) in [6.07, 6.45) is 3.70. The second-order valence-electron chi connectivity index (χ2n) is 5.15. The van der Waals surface area contributed by atoms with Crippen LogP contribution in [-0.2, 0) is 4.79 Å². The first-order chi connectivity index (χ1) is 11.7. The fourth-order valence-electron chi connectivity index (χ4n) is 2.16. The van der Waals surface area contributed by atoms with Crippen LogP contribution in [-0.4, -0.2) is 28.4 Å². The molecule has 1 heterocycles. The van der Waals surface area contributed by atoms with Crippen LogP contribution < -0.4 is 10.6 Å². The Bertz CT molecular complexity index is 645. The molecule has 0 aliphatic carbocycles. The van der Waals surface area contributed by atoms with Crippen LogP contribution in [0.4, 0.5) is 5.13 Å². The van der Waals surface area contributed by atoms with E-state index in [1.165, 1.54) is 23.1 Å². The Kier molecular flexibility index (Phi) is 7.77. The zero-order valence-electron chi connectivity index (χ0n) is 13.7. The van der Waals surface area contributed by atoms with Gasteiger partial charge in [0.1, 0.15) is 0 Å². The number of nitrogens with zero attached hydrogens (tertiary/aromatic N) is 2. The number of hydrogen-bond acceptors (Lipinski definition) is 6. The number of aromatic nitrogens is 2. The van der Waals surface area contributed by atoms with Gasteiger partial charge in [-0.25, -0.2) is 0 Å². The smallest absolute Gasteiger partial charge is 0.230 e. The van der Waals surface area contributed by atoms with Gasteiger partial charge >= 0.3 is 0 Å². The predicted octanol–water partition coefficient (Wildman–Crippen LogP) is 3.89. The van der Waals surface area contributed by atoms with Crippen LogP contribution in [0.25, 0.3) is 0 Å². The molecule has 7 heteroatoms. The van der Waals surface area contributed by atoms with Crippen LogP contribution in [0.15, 0.2) is 47.3 Å². The third-order valence-corrected chi connectivity index (χ3v) is 5.26. The Hall–Kier alpha value is -1.86. The number of benzene rings is 1. The number of hydrogen-bond donors (Lipinski definition) is 2. The van der Waals surface area contributed by atoms with Gasteiger partial charge < -0.3 is 10.6 Å². The second-order valence-corrected chi connectivity index (χ2v) is 7.35. The Morgan fingerprint density at radius 2 is 2.17 bits per heavy atom. The topological polar surface area (TPSA) is 66.9 Å². The van der Waals surface area contributed by atoms with Gasteiger partial charge in [0, 0.05) is 6.54 Å². The van der Waals surface area contributed by atoms with Crippen LogP contribution in [0, 0.1) is 0 Å². The Morgan fingerprint density at radius 3 is 2.88 bits per heavy atom. The van der Waals surface area contributed by atoms with Gasteiger partial charge in [-0.05, 0) is 12.0 Å². The highest BCUT2D eigenvalue weighted by molar-refractivity contribution is 8.01. The number of rotatable bonds is 10. The summed E-state index contributed by atoms with van der Waals surface area (Å²) in [5.41, 5.74) is 1.14. The van der Waals surface area contributed by atoms with Gasteiger partial charge in [-0.3, -0.25) is 4.79 Å². The Balaban J connectivity index is 1.84. The van der Waals surface area contributed by atoms with E-state index in [1.807, 2.05) is 18.2 Å². The van der Waals surface area contributed by atoms with Crippen molar-refractivity contribution in [2.75, 3.05) is 17.6 Å². The maximum atomic E-state index is 12.2. The lowest BCUT2D eigenvalue weighted by Crippen LogP contribution is -2.29. The highest BCUT2D eigenvalue weighted by Gasteiger charge is 2.14. The van der Waals surface area contributed by atoms with Crippen LogP contribution in [0.1, 0.15) is 31.4 Å². The molecule has 0 bridgehead atoms. The lowest BCUT2D eigenvalue weighted by molar-refractivity contribution is -0.119. The molecule has 0 saturated carbocycles. The van der Waals surface area contributed by atoms with Crippen molar-refractivity contribution in [2.45, 2.75) is 30.1 Å². The van der Waals surface area contributed by atoms with Gasteiger partial charge in [-0.2, -0.15) is 0 Å². The molecular weight excluding hydrogens is 340 g/mol. The van der Waals surface area contributed by atoms with E-state index in [0.717, 1.165) is 27.9 Å². The number of nitrogens with one attached hydrogen (secondary N) is 2. The van der Waals surface area contributed by atoms with E-state index < -0.39 is 0 Å². The molecule has 0 radical (unpaired) electrons. The highest BCUT2D eigenvalue weighted by Crippen LogP contribution is 2.25. The summed E-state index contributed by atoms with van der Waals surface area (Å²) in [4.78, 5) is 12.2. The molecule has 0 unspecified atom stereocenters. The summed E-state index contributed by atoms with van der Waals surface area (Å²) in [6.45, 7) is 6.41. The van der Waals surface area contributed by atoms with E-state index in [1.54, 1.807) is 6.08 Å². The number of amides is 1. The Morgan fingerprint density at radius 1 is 1.38 bits per heavy atom. The van der Waals surface area contributed by atoms with E-state index in [2.05, 4.69) is 46.5 Å². The molecule has 128 valence electrons. The molecular formula is C17H22N4OS2. The van der Waals surface area contributed by atoms with Gasteiger partial charge in [-0.1, -0.05) is 72.9 Å². The normalized spacial score (nSPS) is 11.7. The van der Waals surface area contributed by atoms with Crippen LogP contribution in [0.3, 0.4) is 0 Å². The molecule has 0 aliphatic rings. The van der Waals surface area contributed by atoms with Crippen molar-refractivity contribution >= 4 is 34.1 Å². The quantitative estimate of drug-likeness (QED) is 0.496. The second kappa shape index (κ2) is 10.1. The zero-order valence-corrected chi connectivity index (χ0v) is 15.3. The summed E-state index contributed by atoms with van der Waals surface area (Å²) in [7, 11) is 0. The molecule has 0 fully saturated rings. The fraction of sp³-hybridized carbons (Fsp3) is 0.353. The van der Waals surface area contributed by atoms with Crippen LogP contribution in [0.2, 0.25) is 0 Å². The summed E-state index contributed by atoms with van der Waals surface area (Å²) in [5.74, 6) is 0.349. The molecule has 1 atom stereocenters. The van der Waals surface area contributed by atoms with Crippen LogP contribution in [0.5, 0.6) is 0 Å². The lowest BCUT2D eigenvalue weighted by atomic mass is 10.0. The average Bonchev–Trinajstić information content (AvgIpc) is 3.06. The summed E-state index contributed by atoms with van der Waals surface area (Å²) in [5, 5.41) is 15.0. The first-order valence-corrected chi connectivity index (χ1v) is 9.68. The standard InChI is InChI=1S/C17H22N4OS2/c1-3-8-14(13-9-6-5-7-10-13)19-15(22)12-23-17-21-20-16(24-17)18-11-4-2/h4-7,9-10,14H,2-3,8,11-12H2,1H3,(H,18,20)(H,19,22)/t14-/m0/s1. The zero-order chi connectivity index (χ0) is 17.2. The van der Waals surface area contributed by atoms with E-state index in [-0.39, 0.29) is 11.9 Å². The largest absolute Gasteiger partial charge is 0.357 e. The van der Waals surface area contributed by atoms with E-state index in [9.17, 15) is 4.79 Å². The third-order valence-electron chi connectivity index (χ3n) is 3.25. The molecule has 2 aromatic rings. The van der Waals surface area contributed by atoms with Crippen molar-refractivity contribution in [2.24, 2.45) is 0 Å². The number of carbonyl (C=O) groups is 1. The monoisotopic (exact) mass is 362 g/mol. The van der Waals surface area contributed by atoms with Crippen molar-refractivity contribution < 1.29 is 4.79 Å². The molecule has 1 aromatic carbocycles. The summed E-state index contributed by atoms with van der Waals surface area (Å²) in [6, 6.07) is 10.1. The SMILES string of the molecule is C=CCNc1nnc(SCC(=O)N[C@@H](CCC)c2ccccc2)s1. The van der Waals surface area contributed by atoms with Crippen LogP contribution >= 0.6 is 23.1 Å². The van der Waals surface area contributed by atoms with Gasteiger partial charge in [0.25, 0.3) is 0 Å². The maximum Gasteiger partial charge on any atom is 0.230 e. The highest BCUT2D eigenvalue weighted by atomic mass is 32.2. The third kappa shape index (κ3) is 5.98. The minimum absolute atomic E-state index is 0.0121. The van der Waals surface area contributed by atoms with E-state index >= 15 is 0 Å². The number of anilines is 1. The maximum absolute atomic E-state index is 12.2. The first kappa shape index (κ1) is 18.5. The molecule has 0 aliphatic heterocycles. The van der Waals surface area contributed by atoms with E-state index in [4.69, 9.17) is 0 Å². The van der Waals surface area contributed by atoms with Gasteiger partial charge in [-0.15, -0.1) is 16.8 Å². The molecule has 1 amide bonds. The van der Waals surface area contributed by atoms with Gasteiger partial charge in [0.15, 0.2) is 4.34 Å². The first-order valence-electron chi connectivity index (χ1n) is 7.88. The fourth-order valence-corrected chi connectivity index (χ4v) is 3.73. The minimum Gasteiger partial charge on any atom is -0.357 e. The molecule has 0 saturated heterocycles. The van der Waals surface area contributed by atoms with Gasteiger partial charge in [0.05, 0.1) is 11.8 Å². The molecule has 0 spiro atoms.